The molecule has 3 amide bonds. The van der Waals surface area contributed by atoms with E-state index in [-0.39, 0.29) is 47.1 Å². The first-order valence-electron chi connectivity index (χ1n) is 27.6. The molecule has 5 aromatic rings. The second-order valence-corrected chi connectivity index (χ2v) is 24.8. The molecule has 3 fully saturated rings. The third-order valence-corrected chi connectivity index (χ3v) is 18.2. The Labute approximate surface area is 460 Å². The molecule has 1 unspecified atom stereocenters. The number of aliphatic hydroxyl groups is 1. The summed E-state index contributed by atoms with van der Waals surface area (Å²) in [7, 11) is -2.99. The third-order valence-electron chi connectivity index (χ3n) is 17.5. The Morgan fingerprint density at radius 1 is 0.873 bits per heavy atom. The van der Waals surface area contributed by atoms with Crippen molar-refractivity contribution < 1.29 is 38.4 Å². The van der Waals surface area contributed by atoms with E-state index in [9.17, 15) is 38.6 Å². The predicted octanol–water partition coefficient (Wildman–Crippen LogP) is 7.12. The Morgan fingerprint density at radius 2 is 1.66 bits per heavy atom. The fourth-order valence-electron chi connectivity index (χ4n) is 13.6. The summed E-state index contributed by atoms with van der Waals surface area (Å²) in [5, 5.41) is 17.1. The largest absolute Gasteiger partial charge is 0.470 e. The van der Waals surface area contributed by atoms with Gasteiger partial charge in [-0.1, -0.05) is 20.4 Å². The molecule has 7 heterocycles. The van der Waals surface area contributed by atoms with E-state index in [2.05, 4.69) is 81.3 Å². The number of piperazine rings is 1. The molecule has 21 heteroatoms. The number of nitrogens with zero attached hydrogens (tertiary/aromatic N) is 9. The van der Waals surface area contributed by atoms with Crippen LogP contribution in [-0.2, 0) is 53.5 Å². The lowest BCUT2D eigenvalue weighted by Gasteiger charge is -2.48. The van der Waals surface area contributed by atoms with E-state index in [0.29, 0.717) is 97.6 Å². The van der Waals surface area contributed by atoms with Crippen molar-refractivity contribution in [3.63, 3.8) is 0 Å². The number of benzene rings is 2. The van der Waals surface area contributed by atoms with Crippen LogP contribution in [0.5, 0.6) is 0 Å². The van der Waals surface area contributed by atoms with Crippen molar-refractivity contribution >= 4 is 59.9 Å². The lowest BCUT2D eigenvalue weighted by atomic mass is 9.83. The lowest BCUT2D eigenvalue weighted by Crippen LogP contribution is -2.58. The van der Waals surface area contributed by atoms with E-state index >= 15 is 0 Å². The number of hydrogen-bond donors (Lipinski definition) is 5. The number of aliphatic hydroxyl groups excluding tert-OH is 1. The Bertz CT molecular complexity index is 3380. The van der Waals surface area contributed by atoms with Crippen molar-refractivity contribution in [3.05, 3.63) is 118 Å². The van der Waals surface area contributed by atoms with Crippen LogP contribution in [0.1, 0.15) is 116 Å². The van der Waals surface area contributed by atoms with E-state index in [1.165, 1.54) is 21.9 Å². The Balaban J connectivity index is 0.749. The Hall–Kier alpha value is -6.67. The van der Waals surface area contributed by atoms with E-state index in [1.807, 2.05) is 29.2 Å². The first-order valence-corrected chi connectivity index (χ1v) is 29.1. The quantitative estimate of drug-likeness (QED) is 0.0584. The fourth-order valence-corrected chi connectivity index (χ4v) is 14.3. The summed E-state index contributed by atoms with van der Waals surface area (Å²) in [5.74, 6) is -0.169. The third kappa shape index (κ3) is 10.5. The molecule has 0 spiro atoms. The van der Waals surface area contributed by atoms with Gasteiger partial charge in [-0.2, -0.15) is 0 Å². The van der Waals surface area contributed by atoms with Crippen LogP contribution < -0.4 is 30.9 Å². The second kappa shape index (κ2) is 20.8. The molecule has 0 bridgehead atoms. The summed E-state index contributed by atoms with van der Waals surface area (Å²) in [6.45, 7) is 18.7. The molecule has 2 saturated heterocycles. The van der Waals surface area contributed by atoms with Gasteiger partial charge in [0.05, 0.1) is 29.3 Å². The van der Waals surface area contributed by atoms with Gasteiger partial charge in [-0.25, -0.2) is 14.5 Å². The lowest BCUT2D eigenvalue weighted by molar-refractivity contribution is -0.111. The highest BCUT2D eigenvalue weighted by molar-refractivity contribution is 7.46. The molecule has 11 rings (SSSR count). The number of carbonyl (C=O) groups excluding carboxylic acids is 3. The Morgan fingerprint density at radius 3 is 2.38 bits per heavy atom. The molecule has 1 saturated carbocycles. The highest BCUT2D eigenvalue weighted by Gasteiger charge is 2.43. The van der Waals surface area contributed by atoms with E-state index in [0.717, 1.165) is 67.8 Å². The molecule has 6 aliphatic rings. The molecule has 3 atom stereocenters. The smallest absolute Gasteiger partial charge is 0.392 e. The van der Waals surface area contributed by atoms with Gasteiger partial charge in [-0.05, 0) is 143 Å². The van der Waals surface area contributed by atoms with Gasteiger partial charge in [0.2, 0.25) is 5.91 Å². The maximum absolute atomic E-state index is 14.1. The van der Waals surface area contributed by atoms with Crippen molar-refractivity contribution in [2.75, 3.05) is 58.1 Å². The van der Waals surface area contributed by atoms with Gasteiger partial charge in [0.15, 0.2) is 5.82 Å². The Kier molecular flexibility index (Phi) is 14.3. The maximum Gasteiger partial charge on any atom is 0.470 e. The first-order chi connectivity index (χ1) is 37.6. The van der Waals surface area contributed by atoms with Gasteiger partial charge >= 0.3 is 7.82 Å². The number of fused-ring (bicyclic) bond motifs is 4. The van der Waals surface area contributed by atoms with Crippen molar-refractivity contribution in [2.24, 2.45) is 12.5 Å². The molecule has 3 aromatic heterocycles. The van der Waals surface area contributed by atoms with E-state index in [1.54, 1.807) is 43.4 Å². The molecule has 2 aliphatic carbocycles. The number of rotatable bonds is 13. The molecule has 20 nitrogen and oxygen atoms in total. The SMILES string of the molecule is C=CC(=O)Nc1cc(Nc2nc(-c3ccnc(N4CCn5c(cc6c5CC(C)(C)C6)C4=O)c3CO)cn(C)c2=O)ccc1N1CCN(C2CCN(c3ccc4c(c3)CN(C3CCC(C)(OP(=O)(O)O)CC3)C4=O)[C@H](C)C2)C[C@@H]1C. The average molecular weight is 1100 g/mol. The number of amides is 3. The first kappa shape index (κ1) is 54.3. The summed E-state index contributed by atoms with van der Waals surface area (Å²) in [6, 6.07) is 16.2. The summed E-state index contributed by atoms with van der Waals surface area (Å²) in [4.78, 5) is 93.7. The molecule has 4 aliphatic heterocycles. The second-order valence-electron chi connectivity index (χ2n) is 23.7. The summed E-state index contributed by atoms with van der Waals surface area (Å²) >= 11 is 0. The van der Waals surface area contributed by atoms with Crippen LogP contribution in [0.2, 0.25) is 0 Å². The van der Waals surface area contributed by atoms with Gasteiger partial charge in [0.25, 0.3) is 17.4 Å². The number of aryl methyl sites for hydroxylation is 1. The monoisotopic (exact) mass is 1100 g/mol. The highest BCUT2D eigenvalue weighted by atomic mass is 31.2. The zero-order chi connectivity index (χ0) is 55.9. The summed E-state index contributed by atoms with van der Waals surface area (Å²) < 4.78 is 20.3. The van der Waals surface area contributed by atoms with Crippen LogP contribution in [0.25, 0.3) is 11.3 Å². The van der Waals surface area contributed by atoms with Crippen molar-refractivity contribution in [3.8, 4) is 11.3 Å². The number of pyridine rings is 1. The minimum Gasteiger partial charge on any atom is -0.392 e. The van der Waals surface area contributed by atoms with Crippen molar-refractivity contribution in [2.45, 2.75) is 135 Å². The summed E-state index contributed by atoms with van der Waals surface area (Å²) in [5.41, 5.74) is 7.96. The predicted molar refractivity (Wildman–Crippen MR) is 303 cm³/mol. The van der Waals surface area contributed by atoms with Gasteiger partial charge < -0.3 is 49.4 Å². The molecule has 5 N–H and O–H groups in total. The zero-order valence-corrected chi connectivity index (χ0v) is 46.8. The minimum atomic E-state index is -4.62. The van der Waals surface area contributed by atoms with Gasteiger partial charge in [0.1, 0.15) is 11.5 Å². The number of nitrogens with one attached hydrogen (secondary N) is 2. The minimum absolute atomic E-state index is 0.00629. The van der Waals surface area contributed by atoms with Gasteiger partial charge in [0, 0.05) is 123 Å². The van der Waals surface area contributed by atoms with Crippen LogP contribution >= 0.6 is 7.82 Å². The highest BCUT2D eigenvalue weighted by Crippen LogP contribution is 2.48. The number of phosphoric ester groups is 1. The zero-order valence-electron chi connectivity index (χ0n) is 45.9. The molecular formula is C58H72N11O9P. The molecule has 79 heavy (non-hydrogen) atoms. The number of anilines is 6. The standard InChI is InChI=1S/C58H72N11O9P/c1-8-51(71)61-46-28-39(60-52-56(74)63(7)33-47(62-52)44-15-19-59-53(45(44)34-70)68-24-23-67-49(55(68)73)27-37-29-57(4,5)30-50(37)67)9-12-48(46)66-22-21-64(31-36(66)3)41-16-20-65(35(2)25-41)42-10-11-43-38(26-42)32-69(54(43)72)40-13-17-58(6,18-14-40)78-79(75,76)77/h8-12,15,19,26-28,33,35-36,40-41,70H,1,13-14,16-18,20-25,29-32,34H2,2-7H3,(H,60,62)(H,61,71)(H2,75,76,77)/t35-,36+,40?,41?,58?/m1/s1. The van der Waals surface area contributed by atoms with Crippen molar-refractivity contribution in [1.29, 1.82) is 0 Å². The van der Waals surface area contributed by atoms with Crippen LogP contribution in [-0.4, -0.2) is 124 Å². The maximum atomic E-state index is 14.1. The normalized spacial score (nSPS) is 24.1. The van der Waals surface area contributed by atoms with Gasteiger partial charge in [-0.3, -0.25) is 33.5 Å². The molecule has 418 valence electrons. The molecule has 0 radical (unpaired) electrons. The number of phosphoric acid groups is 1. The number of piperidine rings is 1. The van der Waals surface area contributed by atoms with Crippen LogP contribution in [0.4, 0.5) is 34.4 Å². The average Bonchev–Trinajstić information content (AvgIpc) is 4.28. The molecular weight excluding hydrogens is 1030 g/mol. The fraction of sp³-hybridized carbons (Fsp3) is 0.483. The van der Waals surface area contributed by atoms with Crippen LogP contribution in [0.3, 0.4) is 0 Å². The van der Waals surface area contributed by atoms with Crippen LogP contribution in [0.15, 0.2) is 78.4 Å². The van der Waals surface area contributed by atoms with Crippen molar-refractivity contribution in [1.82, 2.24) is 28.9 Å². The topological polar surface area (TPSA) is 231 Å². The van der Waals surface area contributed by atoms with E-state index in [4.69, 9.17) is 9.51 Å². The summed E-state index contributed by atoms with van der Waals surface area (Å²) in [6.07, 6.45) is 10.3. The number of aromatic nitrogens is 4. The van der Waals surface area contributed by atoms with Crippen LogP contribution in [0, 0.1) is 5.41 Å². The number of carbonyl (C=O) groups is 3. The van der Waals surface area contributed by atoms with E-state index < -0.39 is 25.6 Å². The van der Waals surface area contributed by atoms with Gasteiger partial charge in [-0.15, -0.1) is 0 Å². The molecule has 2 aromatic carbocycles. The number of hydrogen-bond acceptors (Lipinski definition) is 13.